The van der Waals surface area contributed by atoms with Crippen LogP contribution in [0, 0.1) is 0 Å². The second kappa shape index (κ2) is 25.0. The summed E-state index contributed by atoms with van der Waals surface area (Å²) in [5.74, 6) is 0. The van der Waals surface area contributed by atoms with Crippen molar-refractivity contribution in [3.05, 3.63) is 133 Å². The minimum atomic E-state index is 1.30. The molecule has 0 spiro atoms. The molecule has 0 amide bonds. The van der Waals surface area contributed by atoms with Crippen molar-refractivity contribution >= 4 is 76.2 Å². The Hall–Kier alpha value is -5.08. The number of hydrogen-bond donors (Lipinski definition) is 0. The van der Waals surface area contributed by atoms with E-state index in [1.165, 1.54) is 76.2 Å². The number of benzene rings is 6. The van der Waals surface area contributed by atoms with Crippen LogP contribution in [-0.2, 0) is 0 Å². The molecule has 0 radical (unpaired) electrons. The van der Waals surface area contributed by atoms with Gasteiger partial charge in [-0.05, 0) is 24.3 Å². The van der Waals surface area contributed by atoms with E-state index in [1.807, 2.05) is 111 Å². The molecule has 4 heterocycles. The number of para-hydroxylation sites is 6. The van der Waals surface area contributed by atoms with Gasteiger partial charge in [0.25, 0.3) is 0 Å². The van der Waals surface area contributed by atoms with Crippen molar-refractivity contribution < 1.29 is 0 Å². The molecule has 6 aromatic carbocycles. The van der Waals surface area contributed by atoms with Gasteiger partial charge < -0.3 is 8.80 Å². The molecule has 4 aromatic heterocycles. The molecule has 0 N–H and O–H groups in total. The van der Waals surface area contributed by atoms with Crippen LogP contribution in [-0.4, -0.2) is 8.80 Å². The molecule has 2 heteroatoms. The molecule has 54 heavy (non-hydrogen) atoms. The third-order valence-electron chi connectivity index (χ3n) is 8.26. The largest absolute Gasteiger partial charge is 0.308 e. The first kappa shape index (κ1) is 46.9. The Morgan fingerprint density at radius 2 is 0.370 bits per heavy atom. The van der Waals surface area contributed by atoms with E-state index >= 15 is 0 Å². The summed E-state index contributed by atoms with van der Waals surface area (Å²) in [5, 5.41) is 10.8. The summed E-state index contributed by atoms with van der Waals surface area (Å²) >= 11 is 0. The van der Waals surface area contributed by atoms with Gasteiger partial charge in [-0.15, -0.1) is 0 Å². The Bertz CT molecular complexity index is 2120. The first-order valence-electron chi connectivity index (χ1n) is 21.1. The fraction of sp³-hybridized carbons (Fsp3) is 0.308. The predicted octanol–water partition coefficient (Wildman–Crippen LogP) is 17.9. The highest BCUT2D eigenvalue weighted by Crippen LogP contribution is 2.39. The van der Waals surface area contributed by atoms with Crippen molar-refractivity contribution in [2.24, 2.45) is 0 Å². The lowest BCUT2D eigenvalue weighted by atomic mass is 10.1. The molecule has 0 bridgehead atoms. The third kappa shape index (κ3) is 8.65. The fourth-order valence-corrected chi connectivity index (χ4v) is 6.77. The van der Waals surface area contributed by atoms with Crippen molar-refractivity contribution in [3.63, 3.8) is 0 Å². The maximum Gasteiger partial charge on any atom is 0.0620 e. The molecule has 0 saturated carbocycles. The average Bonchev–Trinajstić information content (AvgIpc) is 4.04. The molecule has 0 saturated heterocycles. The van der Waals surface area contributed by atoms with Crippen LogP contribution in [0.4, 0.5) is 0 Å². The van der Waals surface area contributed by atoms with Gasteiger partial charge >= 0.3 is 0 Å². The van der Waals surface area contributed by atoms with Crippen molar-refractivity contribution in [1.29, 1.82) is 0 Å². The molecule has 10 rings (SSSR count). The summed E-state index contributed by atoms with van der Waals surface area (Å²) in [4.78, 5) is 0. The Balaban J connectivity index is 0.000000396. The predicted molar refractivity (Wildman–Crippen MR) is 253 cm³/mol. The standard InChI is InChI=1S/2C18H11N.8C2H6/c2*1-3-10-16-12(6-1)14-8-5-9-15-13-7-2-4-11-17(13)19(16)18(14)15;8*1-2/h2*1-11H;8*1-2H3. The molecule has 288 valence electrons. The first-order valence-corrected chi connectivity index (χ1v) is 21.1. The zero-order valence-electron chi connectivity index (χ0n) is 36.6. The second-order valence-corrected chi connectivity index (χ2v) is 10.1. The van der Waals surface area contributed by atoms with Crippen LogP contribution >= 0.6 is 0 Å². The van der Waals surface area contributed by atoms with Gasteiger partial charge in [-0.1, -0.05) is 220 Å². The van der Waals surface area contributed by atoms with E-state index in [0.29, 0.717) is 0 Å². The molecule has 0 aliphatic rings. The van der Waals surface area contributed by atoms with Gasteiger partial charge in [-0.2, -0.15) is 0 Å². The number of hydrogen-bond acceptors (Lipinski definition) is 0. The molecule has 0 unspecified atom stereocenters. The molecule has 0 aliphatic heterocycles. The maximum absolute atomic E-state index is 2.40. The summed E-state index contributed by atoms with van der Waals surface area (Å²) in [7, 11) is 0. The zero-order chi connectivity index (χ0) is 40.8. The van der Waals surface area contributed by atoms with Crippen molar-refractivity contribution in [2.75, 3.05) is 0 Å². The van der Waals surface area contributed by atoms with Crippen LogP contribution in [0.5, 0.6) is 0 Å². The Morgan fingerprint density at radius 3 is 0.574 bits per heavy atom. The molecule has 2 nitrogen and oxygen atoms in total. The van der Waals surface area contributed by atoms with Gasteiger partial charge in [0, 0.05) is 43.1 Å². The molecular formula is C52H70N2. The van der Waals surface area contributed by atoms with Gasteiger partial charge in [0.2, 0.25) is 0 Å². The monoisotopic (exact) mass is 723 g/mol. The maximum atomic E-state index is 2.40. The third-order valence-corrected chi connectivity index (χ3v) is 8.26. The molecular weight excluding hydrogens is 653 g/mol. The smallest absolute Gasteiger partial charge is 0.0620 e. The lowest BCUT2D eigenvalue weighted by Crippen LogP contribution is -1.78. The number of nitrogens with zero attached hydrogens (tertiary/aromatic N) is 2. The van der Waals surface area contributed by atoms with Gasteiger partial charge in [-0.3, -0.25) is 0 Å². The minimum absolute atomic E-state index is 1.30. The second-order valence-electron chi connectivity index (χ2n) is 10.1. The highest BCUT2D eigenvalue weighted by atomic mass is 14.9. The van der Waals surface area contributed by atoms with Gasteiger partial charge in [0.05, 0.1) is 33.1 Å². The number of aromatic nitrogens is 2. The Labute approximate surface area is 328 Å². The fourth-order valence-electron chi connectivity index (χ4n) is 6.77. The summed E-state index contributed by atoms with van der Waals surface area (Å²) in [5.41, 5.74) is 7.91. The van der Waals surface area contributed by atoms with E-state index in [0.717, 1.165) is 0 Å². The van der Waals surface area contributed by atoms with Gasteiger partial charge in [0.15, 0.2) is 0 Å². The minimum Gasteiger partial charge on any atom is -0.308 e. The lowest BCUT2D eigenvalue weighted by Gasteiger charge is -1.95. The topological polar surface area (TPSA) is 8.82 Å². The summed E-state index contributed by atoms with van der Waals surface area (Å²) < 4.78 is 4.80. The van der Waals surface area contributed by atoms with E-state index < -0.39 is 0 Å². The van der Waals surface area contributed by atoms with Crippen LogP contribution in [0.1, 0.15) is 111 Å². The molecule has 0 fully saturated rings. The van der Waals surface area contributed by atoms with Crippen molar-refractivity contribution in [3.8, 4) is 0 Å². The molecule has 0 atom stereocenters. The van der Waals surface area contributed by atoms with Gasteiger partial charge in [-0.25, -0.2) is 0 Å². The van der Waals surface area contributed by atoms with Crippen LogP contribution in [0.2, 0.25) is 0 Å². The van der Waals surface area contributed by atoms with Crippen LogP contribution in [0.15, 0.2) is 133 Å². The summed E-state index contributed by atoms with van der Waals surface area (Å²) in [6.07, 6.45) is 0. The van der Waals surface area contributed by atoms with E-state index in [4.69, 9.17) is 0 Å². The Morgan fingerprint density at radius 1 is 0.204 bits per heavy atom. The van der Waals surface area contributed by atoms with E-state index in [1.54, 1.807) is 0 Å². The highest BCUT2D eigenvalue weighted by Gasteiger charge is 2.17. The molecule has 10 aromatic rings. The van der Waals surface area contributed by atoms with Crippen molar-refractivity contribution in [2.45, 2.75) is 111 Å². The SMILES string of the molecule is CC.CC.CC.CC.CC.CC.CC.CC.c1ccc2c(c1)c1cccc3c4ccccc4n2c13.c1ccc2c(c1)c1cccc3c4ccccc4n2c13. The Kier molecular flexibility index (Phi) is 21.8. The number of rotatable bonds is 0. The summed E-state index contributed by atoms with van der Waals surface area (Å²) in [6, 6.07) is 47.9. The molecule has 0 aliphatic carbocycles. The lowest BCUT2D eigenvalue weighted by molar-refractivity contribution is 1.37. The van der Waals surface area contributed by atoms with E-state index in [2.05, 4.69) is 142 Å². The first-order chi connectivity index (χ1) is 26.9. The average molecular weight is 723 g/mol. The van der Waals surface area contributed by atoms with E-state index in [-0.39, 0.29) is 0 Å². The number of fused-ring (bicyclic) bond motifs is 12. The van der Waals surface area contributed by atoms with Gasteiger partial charge in [0.1, 0.15) is 0 Å². The normalized spacial score (nSPS) is 9.48. The van der Waals surface area contributed by atoms with E-state index in [9.17, 15) is 0 Å². The summed E-state index contributed by atoms with van der Waals surface area (Å²) in [6.45, 7) is 32.0. The van der Waals surface area contributed by atoms with Crippen molar-refractivity contribution in [1.82, 2.24) is 8.80 Å². The zero-order valence-corrected chi connectivity index (χ0v) is 36.6. The quantitative estimate of drug-likeness (QED) is 0.147. The van der Waals surface area contributed by atoms with Crippen LogP contribution in [0.3, 0.4) is 0 Å². The highest BCUT2D eigenvalue weighted by molar-refractivity contribution is 6.24. The van der Waals surface area contributed by atoms with Crippen LogP contribution in [0.25, 0.3) is 76.2 Å². The van der Waals surface area contributed by atoms with Crippen LogP contribution < -0.4 is 0 Å².